The molecule has 33 heavy (non-hydrogen) atoms. The molecule has 0 bridgehead atoms. The highest BCUT2D eigenvalue weighted by atomic mass is 16.5. The second-order valence-electron chi connectivity index (χ2n) is 7.90. The molecule has 1 aliphatic rings. The van der Waals surface area contributed by atoms with E-state index in [2.05, 4.69) is 5.32 Å². The van der Waals surface area contributed by atoms with Gasteiger partial charge in [-0.1, -0.05) is 60.7 Å². The van der Waals surface area contributed by atoms with Crippen molar-refractivity contribution in [1.82, 2.24) is 10.2 Å². The molecule has 1 aliphatic heterocycles. The summed E-state index contributed by atoms with van der Waals surface area (Å²) in [7, 11) is 1.56. The maximum Gasteiger partial charge on any atom is 0.328 e. The largest absolute Gasteiger partial charge is 0.461 e. The molecule has 1 fully saturated rings. The highest BCUT2D eigenvalue weighted by molar-refractivity contribution is 5.93. The predicted octanol–water partition coefficient (Wildman–Crippen LogP) is 2.36. The molecule has 2 aromatic carbocycles. The van der Waals surface area contributed by atoms with Crippen LogP contribution in [0.2, 0.25) is 0 Å². The van der Waals surface area contributed by atoms with E-state index < -0.39 is 29.9 Å². The third kappa shape index (κ3) is 7.17. The lowest BCUT2D eigenvalue weighted by atomic mass is 10.1. The summed E-state index contributed by atoms with van der Waals surface area (Å²) >= 11 is 0. The van der Waals surface area contributed by atoms with Crippen LogP contribution in [0.1, 0.15) is 36.8 Å². The molecule has 1 N–H and O–H groups in total. The van der Waals surface area contributed by atoms with Crippen molar-refractivity contribution in [2.75, 3.05) is 7.05 Å². The van der Waals surface area contributed by atoms with Gasteiger partial charge in [-0.15, -0.1) is 0 Å². The van der Waals surface area contributed by atoms with Crippen LogP contribution in [0, 0.1) is 0 Å². The van der Waals surface area contributed by atoms with Gasteiger partial charge in [-0.2, -0.15) is 0 Å². The molecule has 0 spiro atoms. The van der Waals surface area contributed by atoms with Crippen LogP contribution >= 0.6 is 0 Å². The normalized spacial score (nSPS) is 16.2. The monoisotopic (exact) mass is 452 g/mol. The molecule has 0 radical (unpaired) electrons. The van der Waals surface area contributed by atoms with Crippen molar-refractivity contribution >= 4 is 23.8 Å². The summed E-state index contributed by atoms with van der Waals surface area (Å²) in [5.74, 6) is -1.69. The van der Waals surface area contributed by atoms with Gasteiger partial charge in [0.1, 0.15) is 25.3 Å². The summed E-state index contributed by atoms with van der Waals surface area (Å²) in [4.78, 5) is 50.8. The molecular formula is C25H28N2O6. The van der Waals surface area contributed by atoms with Crippen molar-refractivity contribution in [2.24, 2.45) is 0 Å². The van der Waals surface area contributed by atoms with E-state index in [1.165, 1.54) is 4.90 Å². The molecule has 3 rings (SSSR count). The lowest BCUT2D eigenvalue weighted by Gasteiger charge is -2.23. The topological polar surface area (TPSA) is 102 Å². The van der Waals surface area contributed by atoms with Crippen LogP contribution in [0.3, 0.4) is 0 Å². The minimum absolute atomic E-state index is 0.0252. The number of carbonyl (C=O) groups is 4. The molecule has 0 unspecified atom stereocenters. The van der Waals surface area contributed by atoms with Crippen molar-refractivity contribution in [2.45, 2.75) is 51.0 Å². The highest BCUT2D eigenvalue weighted by Gasteiger charge is 2.35. The first-order valence-electron chi connectivity index (χ1n) is 10.9. The van der Waals surface area contributed by atoms with E-state index in [1.54, 1.807) is 7.05 Å². The first kappa shape index (κ1) is 24.0. The number of hydrogen-bond acceptors (Lipinski definition) is 6. The number of hydrogen-bond donors (Lipinski definition) is 1. The van der Waals surface area contributed by atoms with Crippen molar-refractivity contribution in [1.29, 1.82) is 0 Å². The standard InChI is InChI=1S/C25H28N2O6/c1-27-21(13-14-22(27)28)24(30)26-20(25(31)33-17-19-10-6-3-7-11-19)12-15-23(29)32-16-18-8-4-2-5-9-18/h2-11,20-21H,12-17H2,1H3,(H,26,30)/t20-,21-/m0/s1. The van der Waals surface area contributed by atoms with Gasteiger partial charge in [-0.05, 0) is 24.0 Å². The summed E-state index contributed by atoms with van der Waals surface area (Å²) < 4.78 is 10.6. The quantitative estimate of drug-likeness (QED) is 0.556. The zero-order valence-corrected chi connectivity index (χ0v) is 18.6. The third-order valence-corrected chi connectivity index (χ3v) is 5.50. The molecule has 0 aromatic heterocycles. The second-order valence-corrected chi connectivity index (χ2v) is 7.90. The Morgan fingerprint density at radius 2 is 1.55 bits per heavy atom. The van der Waals surface area contributed by atoms with Crippen LogP contribution in [0.5, 0.6) is 0 Å². The fourth-order valence-electron chi connectivity index (χ4n) is 3.53. The van der Waals surface area contributed by atoms with Gasteiger partial charge in [0, 0.05) is 19.9 Å². The van der Waals surface area contributed by atoms with Crippen molar-refractivity contribution in [3.63, 3.8) is 0 Å². The lowest BCUT2D eigenvalue weighted by molar-refractivity contribution is -0.151. The van der Waals surface area contributed by atoms with Crippen LogP contribution in [0.25, 0.3) is 0 Å². The number of likely N-dealkylation sites (N-methyl/N-ethyl adjacent to an activating group) is 1. The van der Waals surface area contributed by atoms with Crippen LogP contribution in [0.4, 0.5) is 0 Å². The van der Waals surface area contributed by atoms with Gasteiger partial charge in [0.2, 0.25) is 11.8 Å². The molecule has 2 aromatic rings. The number of carbonyl (C=O) groups excluding carboxylic acids is 4. The number of esters is 2. The van der Waals surface area contributed by atoms with Crippen LogP contribution in [0.15, 0.2) is 60.7 Å². The number of likely N-dealkylation sites (tertiary alicyclic amines) is 1. The van der Waals surface area contributed by atoms with E-state index in [0.29, 0.717) is 6.42 Å². The van der Waals surface area contributed by atoms with Gasteiger partial charge in [-0.3, -0.25) is 14.4 Å². The molecule has 174 valence electrons. The first-order valence-corrected chi connectivity index (χ1v) is 10.9. The van der Waals surface area contributed by atoms with Gasteiger partial charge in [-0.25, -0.2) is 4.79 Å². The number of nitrogens with zero attached hydrogens (tertiary/aromatic N) is 1. The summed E-state index contributed by atoms with van der Waals surface area (Å²) in [6.45, 7) is 0.177. The number of amides is 2. The Morgan fingerprint density at radius 1 is 0.970 bits per heavy atom. The fraction of sp³-hybridized carbons (Fsp3) is 0.360. The molecular weight excluding hydrogens is 424 g/mol. The third-order valence-electron chi connectivity index (χ3n) is 5.50. The van der Waals surface area contributed by atoms with Crippen molar-refractivity contribution in [3.8, 4) is 0 Å². The Bertz CT molecular complexity index is 963. The molecule has 0 saturated carbocycles. The van der Waals surface area contributed by atoms with E-state index >= 15 is 0 Å². The highest BCUT2D eigenvalue weighted by Crippen LogP contribution is 2.17. The molecule has 1 saturated heterocycles. The number of ether oxygens (including phenoxy) is 2. The van der Waals surface area contributed by atoms with Gasteiger partial charge in [0.05, 0.1) is 0 Å². The Balaban J connectivity index is 1.57. The maximum absolute atomic E-state index is 12.7. The van der Waals surface area contributed by atoms with E-state index in [4.69, 9.17) is 9.47 Å². The van der Waals surface area contributed by atoms with Gasteiger partial charge in [0.15, 0.2) is 0 Å². The first-order chi connectivity index (χ1) is 15.9. The maximum atomic E-state index is 12.7. The molecule has 2 atom stereocenters. The Hall–Kier alpha value is -3.68. The summed E-state index contributed by atoms with van der Waals surface area (Å²) in [6.07, 6.45) is 0.616. The summed E-state index contributed by atoms with van der Waals surface area (Å²) in [6, 6.07) is 16.7. The Morgan fingerprint density at radius 3 is 2.09 bits per heavy atom. The molecule has 2 amide bonds. The smallest absolute Gasteiger partial charge is 0.328 e. The number of nitrogens with one attached hydrogen (secondary N) is 1. The number of benzene rings is 2. The van der Waals surface area contributed by atoms with E-state index in [1.807, 2.05) is 60.7 Å². The molecule has 8 nitrogen and oxygen atoms in total. The van der Waals surface area contributed by atoms with Gasteiger partial charge < -0.3 is 19.7 Å². The summed E-state index contributed by atoms with van der Waals surface area (Å²) in [5, 5.41) is 2.66. The predicted molar refractivity (Wildman–Crippen MR) is 119 cm³/mol. The van der Waals surface area contributed by atoms with Crippen molar-refractivity contribution < 1.29 is 28.7 Å². The van der Waals surface area contributed by atoms with Gasteiger partial charge in [0.25, 0.3) is 0 Å². The minimum Gasteiger partial charge on any atom is -0.461 e. The van der Waals surface area contributed by atoms with E-state index in [0.717, 1.165) is 11.1 Å². The van der Waals surface area contributed by atoms with Crippen LogP contribution in [-0.2, 0) is 41.9 Å². The average molecular weight is 453 g/mol. The van der Waals surface area contributed by atoms with E-state index in [-0.39, 0.29) is 38.4 Å². The molecule has 8 heteroatoms. The lowest BCUT2D eigenvalue weighted by Crippen LogP contribution is -2.49. The Kier molecular flexibility index (Phi) is 8.57. The van der Waals surface area contributed by atoms with Gasteiger partial charge >= 0.3 is 11.9 Å². The Labute approximate surface area is 192 Å². The number of rotatable bonds is 10. The second kappa shape index (κ2) is 11.8. The minimum atomic E-state index is -1.03. The average Bonchev–Trinajstić information content (AvgIpc) is 3.18. The van der Waals surface area contributed by atoms with E-state index in [9.17, 15) is 19.2 Å². The zero-order chi connectivity index (χ0) is 23.6. The fourth-order valence-corrected chi connectivity index (χ4v) is 3.53. The van der Waals surface area contributed by atoms with Crippen LogP contribution < -0.4 is 5.32 Å². The van der Waals surface area contributed by atoms with Crippen LogP contribution in [-0.4, -0.2) is 47.8 Å². The zero-order valence-electron chi connectivity index (χ0n) is 18.6. The summed E-state index contributed by atoms with van der Waals surface area (Å²) in [5.41, 5.74) is 1.66. The SMILES string of the molecule is CN1C(=O)CC[C@H]1C(=O)N[C@@H](CCC(=O)OCc1ccccc1)C(=O)OCc1ccccc1. The molecule has 0 aliphatic carbocycles. The molecule has 1 heterocycles. The van der Waals surface area contributed by atoms with Crippen molar-refractivity contribution in [3.05, 3.63) is 71.8 Å².